The molecule has 0 aromatic heterocycles. The zero-order chi connectivity index (χ0) is 77.0. The highest BCUT2D eigenvalue weighted by Gasteiger charge is 2.68. The molecule has 0 radical (unpaired) electrons. The highest BCUT2D eigenvalue weighted by atomic mass is 16.6. The zero-order valence-electron chi connectivity index (χ0n) is 68.7. The molecule has 1 unspecified atom stereocenters. The quantitative estimate of drug-likeness (QED) is 0.159. The Bertz CT molecular complexity index is 4410. The van der Waals surface area contributed by atoms with Gasteiger partial charge in [-0.1, -0.05) is 103 Å². The van der Waals surface area contributed by atoms with Crippen LogP contribution in [0, 0.1) is 139 Å². The number of anilines is 2. The third kappa shape index (κ3) is 13.3. The van der Waals surface area contributed by atoms with Gasteiger partial charge < -0.3 is 34.6 Å². The van der Waals surface area contributed by atoms with Crippen LogP contribution >= 0.6 is 0 Å². The fraction of sp³-hybridized carbons (Fsp3) is 0.670. The highest BCUT2D eigenvalue weighted by molar-refractivity contribution is 5.92. The summed E-state index contributed by atoms with van der Waals surface area (Å²) in [6.45, 7) is 30.5. The monoisotopic (exact) mass is 1480 g/mol. The predicted molar refractivity (Wildman–Crippen MR) is 438 cm³/mol. The number of nitrogens with zero attached hydrogens (tertiary/aromatic N) is 2. The Morgan fingerprint density at radius 3 is 1.36 bits per heavy atom. The summed E-state index contributed by atoms with van der Waals surface area (Å²) in [6, 6.07) is 25.9. The van der Waals surface area contributed by atoms with Gasteiger partial charge in [-0.05, 0) is 357 Å². The van der Waals surface area contributed by atoms with E-state index in [4.69, 9.17) is 9.47 Å². The average Bonchev–Trinajstić information content (AvgIpc) is 1.46. The van der Waals surface area contributed by atoms with Gasteiger partial charge in [0.2, 0.25) is 0 Å². The number of rotatable bonds is 11. The van der Waals surface area contributed by atoms with Crippen molar-refractivity contribution in [3.8, 4) is 47.0 Å². The van der Waals surface area contributed by atoms with Crippen molar-refractivity contribution in [2.24, 2.45) is 104 Å². The lowest BCUT2D eigenvalue weighted by atomic mass is 9.46. The molecule has 3 N–H and O–H groups in total. The van der Waals surface area contributed by atoms with E-state index in [1.54, 1.807) is 0 Å². The summed E-state index contributed by atoms with van der Waals surface area (Å²) in [5.41, 5.74) is 4.88. The minimum Gasteiger partial charge on any atom is -0.486 e. The minimum absolute atomic E-state index is 0.162. The number of ether oxygens (including phenoxy) is 2. The van der Waals surface area contributed by atoms with Crippen molar-refractivity contribution < 1.29 is 39.2 Å². The smallest absolute Gasteiger partial charge is 0.161 e. The van der Waals surface area contributed by atoms with Crippen molar-refractivity contribution in [1.82, 2.24) is 0 Å². The van der Waals surface area contributed by atoms with Gasteiger partial charge in [-0.25, -0.2) is 0 Å². The van der Waals surface area contributed by atoms with Crippen LogP contribution in [-0.2, 0) is 14.4 Å². The number of carbonyl (C=O) groups excluding carboxylic acids is 3. The number of benzene rings is 3. The van der Waals surface area contributed by atoms with E-state index in [9.17, 15) is 29.7 Å². The Balaban J connectivity index is 0.589. The molecule has 110 heavy (non-hydrogen) atoms. The number of allylic oxidation sites excluding steroid dienone is 3. The van der Waals surface area contributed by atoms with Crippen LogP contribution in [0.2, 0.25) is 0 Å². The van der Waals surface area contributed by atoms with E-state index in [1.165, 1.54) is 57.6 Å². The summed E-state index contributed by atoms with van der Waals surface area (Å²) in [5.74, 6) is 29.7. The molecule has 22 atom stereocenters. The van der Waals surface area contributed by atoms with Gasteiger partial charge >= 0.3 is 0 Å². The van der Waals surface area contributed by atoms with Gasteiger partial charge in [-0.2, -0.15) is 0 Å². The van der Waals surface area contributed by atoms with Crippen molar-refractivity contribution in [2.45, 2.75) is 290 Å². The molecule has 3 aromatic rings. The average molecular weight is 1490 g/mol. The summed E-state index contributed by atoms with van der Waals surface area (Å²) in [6.07, 6.45) is 27.9. The van der Waals surface area contributed by atoms with Gasteiger partial charge in [0, 0.05) is 95.2 Å². The van der Waals surface area contributed by atoms with Crippen LogP contribution in [0.4, 0.5) is 11.4 Å². The Kier molecular flexibility index (Phi) is 19.4. The van der Waals surface area contributed by atoms with Crippen LogP contribution in [-0.4, -0.2) is 87.9 Å². The minimum atomic E-state index is -1.19. The topological polar surface area (TPSA) is 137 Å². The van der Waals surface area contributed by atoms with E-state index in [0.717, 1.165) is 134 Å². The molecule has 17 rings (SSSR count). The van der Waals surface area contributed by atoms with Crippen LogP contribution in [0.3, 0.4) is 0 Å². The Hall–Kier alpha value is -6.35. The largest absolute Gasteiger partial charge is 0.486 e. The molecule has 3 aromatic carbocycles. The van der Waals surface area contributed by atoms with Crippen molar-refractivity contribution in [3.63, 3.8) is 0 Å². The summed E-state index contributed by atoms with van der Waals surface area (Å²) in [4.78, 5) is 44.0. The fourth-order valence-corrected chi connectivity index (χ4v) is 27.5. The molecular weight excluding hydrogens is 1360 g/mol. The Labute approximate surface area is 659 Å². The maximum Gasteiger partial charge on any atom is 0.161 e. The lowest BCUT2D eigenvalue weighted by Gasteiger charge is -2.58. The van der Waals surface area contributed by atoms with Crippen molar-refractivity contribution in [2.75, 3.05) is 36.0 Å². The molecule has 2 heterocycles. The number of aliphatic hydroxyl groups is 3. The van der Waals surface area contributed by atoms with Gasteiger partial charge in [-0.15, -0.1) is 0 Å². The first-order valence-electron chi connectivity index (χ1n) is 43.9. The summed E-state index contributed by atoms with van der Waals surface area (Å²) >= 11 is 0. The van der Waals surface area contributed by atoms with E-state index >= 15 is 0 Å². The molecule has 1 saturated heterocycles. The number of hydrogen-bond donors (Lipinski definition) is 3. The van der Waals surface area contributed by atoms with E-state index in [2.05, 4.69) is 195 Å². The fourth-order valence-electron chi connectivity index (χ4n) is 27.5. The second-order valence-electron chi connectivity index (χ2n) is 41.7. The first-order valence-corrected chi connectivity index (χ1v) is 43.9. The molecular formula is C100H128N2O8. The van der Waals surface area contributed by atoms with Crippen molar-refractivity contribution in [3.05, 3.63) is 118 Å². The molecule has 0 amide bonds. The molecule has 9 saturated carbocycles. The Morgan fingerprint density at radius 1 is 0.500 bits per heavy atom. The first kappa shape index (κ1) is 76.3. The second-order valence-corrected chi connectivity index (χ2v) is 41.7. The maximum atomic E-state index is 13.5. The molecule has 10 heteroatoms. The van der Waals surface area contributed by atoms with Crippen LogP contribution in [0.25, 0.3) is 0 Å². The van der Waals surface area contributed by atoms with Gasteiger partial charge in [-0.3, -0.25) is 14.4 Å². The molecule has 12 aliphatic carbocycles. The van der Waals surface area contributed by atoms with Gasteiger partial charge in [0.25, 0.3) is 0 Å². The number of ketones is 3. The van der Waals surface area contributed by atoms with E-state index in [0.29, 0.717) is 128 Å². The van der Waals surface area contributed by atoms with Crippen molar-refractivity contribution in [1.29, 1.82) is 0 Å². The van der Waals surface area contributed by atoms with E-state index < -0.39 is 27.6 Å². The van der Waals surface area contributed by atoms with Gasteiger partial charge in [0.05, 0.1) is 0 Å². The summed E-state index contributed by atoms with van der Waals surface area (Å²) < 4.78 is 13.7. The molecule has 14 aliphatic rings. The van der Waals surface area contributed by atoms with Crippen LogP contribution < -0.4 is 19.3 Å². The number of hydrogen-bond acceptors (Lipinski definition) is 10. The summed E-state index contributed by atoms with van der Waals surface area (Å²) in [5, 5.41) is 39.5. The first-order chi connectivity index (χ1) is 52.2. The number of carbonyl (C=O) groups is 3. The SMILES string of the molecule is CC(C)N(CCC(C)(C)C#C[C@]1(O)CC[C@H]2[C@@H]3CCC4=CC(=O)CC[C@@H]4[C@H]3[C@@H](c3ccc(N4CCCC4)cc3)C[C@@]21C)c1ccc([C@H]2C[C@@]3(C)[C@@H](CC[C@@]3(O)C#CC(C)(C)CC3COc4cc([C@H]5C[C@@]6(C)[C@@H](CC[C@@]6(O)C#CC(C)(C)C)[C@@H]6CCC7=CC(=O)CC[C@@H]7[C@H]65)ccc4O3)[C@@H]3CCC4=CC(=O)CC[C@@H]4[C@H]32)cc1. The van der Waals surface area contributed by atoms with Gasteiger partial charge in [0.15, 0.2) is 28.8 Å². The van der Waals surface area contributed by atoms with E-state index in [-0.39, 0.29) is 63.1 Å². The zero-order valence-corrected chi connectivity index (χ0v) is 68.7. The molecule has 10 fully saturated rings. The Morgan fingerprint density at radius 2 is 0.918 bits per heavy atom. The van der Waals surface area contributed by atoms with Crippen LogP contribution in [0.15, 0.2) is 102 Å². The normalized spacial score (nSPS) is 39.5. The molecule has 2 aliphatic heterocycles. The molecule has 0 spiro atoms. The third-order valence-corrected chi connectivity index (χ3v) is 33.1. The number of fused-ring (bicyclic) bond motifs is 16. The molecule has 586 valence electrons. The highest BCUT2D eigenvalue weighted by Crippen LogP contribution is 2.72. The second kappa shape index (κ2) is 28.0. The van der Waals surface area contributed by atoms with Crippen LogP contribution in [0.5, 0.6) is 11.5 Å². The third-order valence-electron chi connectivity index (χ3n) is 33.1. The lowest BCUT2D eigenvalue weighted by molar-refractivity contribution is -0.118. The maximum absolute atomic E-state index is 13.5. The summed E-state index contributed by atoms with van der Waals surface area (Å²) in [7, 11) is 0. The lowest BCUT2D eigenvalue weighted by Crippen LogP contribution is -2.54. The van der Waals surface area contributed by atoms with Gasteiger partial charge in [0.1, 0.15) is 29.5 Å². The van der Waals surface area contributed by atoms with E-state index in [1.807, 2.05) is 18.2 Å². The standard InChI is InChI=1S/C100H128N2O8/c1-62(2)102(52-49-93(6,7)44-47-99(107)41-38-84-78-30-19-65-53-71(103)27-33-75(65)89(78)81(58-95(84,99)10)63-15-23-69(24-16-63)101-50-13-14-51-101)70-25-17-64(18-26-70)82-59-96(11)85(79-31-20-66-54-72(104)28-34-76(66)90(79)82)39-42-100(96,108)48-45-94(8,9)57-74-61-109-88-56-68(22-36-87(88)110-74)83-60-97(12)86(37-40-98(97,106)46-43-92(3,4)5)80-32-21-67-55-73(105)29-35-77(67)91(80)83/h15-18,22-26,36,53-56,62,74-86,89-91,106-108H,13-14,19-21,27-35,37-42,49-52,57-61H2,1-12H3/t74?,75-,76-,77-,78-,79-,80-,81+,82+,83+,84-,85-,86-,89+,90+,91+,95-,96-,97-,98+,99+,100+/m0/s1. The predicted octanol–water partition coefficient (Wildman–Crippen LogP) is 19.6. The van der Waals surface area contributed by atoms with Crippen molar-refractivity contribution >= 4 is 28.7 Å². The molecule has 10 nitrogen and oxygen atoms in total. The van der Waals surface area contributed by atoms with Crippen LogP contribution in [0.1, 0.15) is 278 Å². The molecule has 0 bridgehead atoms.